The minimum atomic E-state index is -0.372. The molecule has 5 heteroatoms. The molecule has 2 aromatic carbocycles. The van der Waals surface area contributed by atoms with Gasteiger partial charge >= 0.3 is 0 Å². The van der Waals surface area contributed by atoms with Gasteiger partial charge in [0.2, 0.25) is 0 Å². The Morgan fingerprint density at radius 3 is 2.59 bits per heavy atom. The third-order valence-electron chi connectivity index (χ3n) is 3.53. The number of aliphatic hydroxyl groups is 1. The second-order valence-electron chi connectivity index (χ2n) is 5.25. The molecule has 0 aromatic heterocycles. The summed E-state index contributed by atoms with van der Waals surface area (Å²) in [6, 6.07) is 14.8. The summed E-state index contributed by atoms with van der Waals surface area (Å²) in [6.45, 7) is 1.93. The minimum Gasteiger partial charge on any atom is -0.396 e. The lowest BCUT2D eigenvalue weighted by molar-refractivity contribution is -0.384. The van der Waals surface area contributed by atoms with Crippen LogP contribution in [0.2, 0.25) is 0 Å². The van der Waals surface area contributed by atoms with Crippen molar-refractivity contribution in [2.24, 2.45) is 0 Å². The van der Waals surface area contributed by atoms with Gasteiger partial charge in [-0.15, -0.1) is 0 Å². The highest BCUT2D eigenvalue weighted by Gasteiger charge is 2.18. The van der Waals surface area contributed by atoms with E-state index in [1.807, 2.05) is 43.3 Å². The number of hydrogen-bond donors (Lipinski definition) is 2. The Hall–Kier alpha value is -2.40. The molecule has 5 nitrogen and oxygen atoms in total. The van der Waals surface area contributed by atoms with Gasteiger partial charge in [0.25, 0.3) is 5.69 Å². The average molecular weight is 300 g/mol. The van der Waals surface area contributed by atoms with E-state index in [2.05, 4.69) is 5.32 Å². The SMILES string of the molecule is Cc1ccc(NC(CCCO)c2ccccc2)c([N+](=O)[O-])c1. The number of aliphatic hydroxyl groups excluding tert-OH is 1. The van der Waals surface area contributed by atoms with E-state index in [0.29, 0.717) is 18.5 Å². The molecular formula is C17H20N2O3. The minimum absolute atomic E-state index is 0.0740. The van der Waals surface area contributed by atoms with Crippen molar-refractivity contribution in [3.05, 3.63) is 69.8 Å². The summed E-state index contributed by atoms with van der Waals surface area (Å²) in [6.07, 6.45) is 1.33. The van der Waals surface area contributed by atoms with Gasteiger partial charge in [-0.3, -0.25) is 10.1 Å². The van der Waals surface area contributed by atoms with Gasteiger partial charge in [0.1, 0.15) is 5.69 Å². The molecule has 0 saturated heterocycles. The second-order valence-corrected chi connectivity index (χ2v) is 5.25. The number of nitro groups is 1. The molecule has 1 unspecified atom stereocenters. The molecule has 2 N–H and O–H groups in total. The Labute approximate surface area is 129 Å². The number of benzene rings is 2. The lowest BCUT2D eigenvalue weighted by Gasteiger charge is -2.20. The van der Waals surface area contributed by atoms with Crippen molar-refractivity contribution in [2.45, 2.75) is 25.8 Å². The van der Waals surface area contributed by atoms with Gasteiger partial charge in [-0.1, -0.05) is 36.4 Å². The molecule has 0 saturated carbocycles. The zero-order valence-corrected chi connectivity index (χ0v) is 12.5. The topological polar surface area (TPSA) is 75.4 Å². The van der Waals surface area contributed by atoms with Crippen LogP contribution in [0.1, 0.15) is 30.0 Å². The van der Waals surface area contributed by atoms with Crippen molar-refractivity contribution in [3.63, 3.8) is 0 Å². The van der Waals surface area contributed by atoms with Crippen molar-refractivity contribution in [1.82, 2.24) is 0 Å². The fraction of sp³-hybridized carbons (Fsp3) is 0.294. The summed E-state index contributed by atoms with van der Waals surface area (Å²) >= 11 is 0. The van der Waals surface area contributed by atoms with Crippen molar-refractivity contribution in [2.75, 3.05) is 11.9 Å². The summed E-state index contributed by atoms with van der Waals surface area (Å²) in [5, 5.41) is 23.6. The number of nitrogens with one attached hydrogen (secondary N) is 1. The maximum atomic E-state index is 11.2. The van der Waals surface area contributed by atoms with Crippen LogP contribution in [0.25, 0.3) is 0 Å². The number of aryl methyl sites for hydroxylation is 1. The largest absolute Gasteiger partial charge is 0.396 e. The first kappa shape index (κ1) is 16.0. The monoisotopic (exact) mass is 300 g/mol. The molecule has 0 radical (unpaired) electrons. The highest BCUT2D eigenvalue weighted by Crippen LogP contribution is 2.31. The first-order valence-electron chi connectivity index (χ1n) is 7.29. The van der Waals surface area contributed by atoms with Crippen LogP contribution in [-0.2, 0) is 0 Å². The third-order valence-corrected chi connectivity index (χ3v) is 3.53. The van der Waals surface area contributed by atoms with E-state index >= 15 is 0 Å². The van der Waals surface area contributed by atoms with Crippen molar-refractivity contribution in [3.8, 4) is 0 Å². The molecular weight excluding hydrogens is 280 g/mol. The first-order chi connectivity index (χ1) is 10.6. The Bertz CT molecular complexity index is 629. The number of nitrogens with zero attached hydrogens (tertiary/aromatic N) is 1. The average Bonchev–Trinajstić information content (AvgIpc) is 2.53. The smallest absolute Gasteiger partial charge is 0.292 e. The van der Waals surface area contributed by atoms with Crippen LogP contribution in [0.3, 0.4) is 0 Å². The molecule has 0 aliphatic heterocycles. The zero-order valence-electron chi connectivity index (χ0n) is 12.5. The number of hydrogen-bond acceptors (Lipinski definition) is 4. The zero-order chi connectivity index (χ0) is 15.9. The van der Waals surface area contributed by atoms with Crippen LogP contribution in [0.4, 0.5) is 11.4 Å². The summed E-state index contributed by atoms with van der Waals surface area (Å²) in [5.74, 6) is 0. The number of anilines is 1. The Morgan fingerprint density at radius 1 is 1.23 bits per heavy atom. The van der Waals surface area contributed by atoms with Crippen molar-refractivity contribution in [1.29, 1.82) is 0 Å². The molecule has 0 aliphatic carbocycles. The van der Waals surface area contributed by atoms with E-state index in [1.165, 1.54) is 0 Å². The van der Waals surface area contributed by atoms with Crippen molar-refractivity contribution >= 4 is 11.4 Å². The highest BCUT2D eigenvalue weighted by atomic mass is 16.6. The number of nitro benzene ring substituents is 1. The van der Waals surface area contributed by atoms with E-state index < -0.39 is 0 Å². The number of rotatable bonds is 7. The van der Waals surface area contributed by atoms with Gasteiger partial charge in [-0.2, -0.15) is 0 Å². The predicted octanol–water partition coefficient (Wildman–Crippen LogP) is 3.83. The molecule has 22 heavy (non-hydrogen) atoms. The fourth-order valence-electron chi connectivity index (χ4n) is 2.41. The van der Waals surface area contributed by atoms with Crippen LogP contribution in [0.15, 0.2) is 48.5 Å². The lowest BCUT2D eigenvalue weighted by Crippen LogP contribution is -2.12. The first-order valence-corrected chi connectivity index (χ1v) is 7.29. The summed E-state index contributed by atoms with van der Waals surface area (Å²) < 4.78 is 0. The van der Waals surface area contributed by atoms with Gasteiger partial charge in [0, 0.05) is 12.7 Å². The van der Waals surface area contributed by atoms with Gasteiger partial charge in [-0.25, -0.2) is 0 Å². The molecule has 0 amide bonds. The van der Waals surface area contributed by atoms with Crippen LogP contribution >= 0.6 is 0 Å². The van der Waals surface area contributed by atoms with Gasteiger partial charge in [0.05, 0.1) is 11.0 Å². The van der Waals surface area contributed by atoms with E-state index in [-0.39, 0.29) is 23.3 Å². The van der Waals surface area contributed by atoms with Gasteiger partial charge in [-0.05, 0) is 37.0 Å². The summed E-state index contributed by atoms with van der Waals surface area (Å²) in [4.78, 5) is 10.9. The molecule has 116 valence electrons. The van der Waals surface area contributed by atoms with E-state index in [0.717, 1.165) is 11.1 Å². The van der Waals surface area contributed by atoms with E-state index in [4.69, 9.17) is 5.11 Å². The summed E-state index contributed by atoms with van der Waals surface area (Å²) in [5.41, 5.74) is 2.47. The quantitative estimate of drug-likeness (QED) is 0.602. The maximum absolute atomic E-state index is 11.2. The van der Waals surface area contributed by atoms with E-state index in [1.54, 1.807) is 12.1 Å². The van der Waals surface area contributed by atoms with Crippen LogP contribution in [0.5, 0.6) is 0 Å². The Balaban J connectivity index is 2.29. The van der Waals surface area contributed by atoms with E-state index in [9.17, 15) is 10.1 Å². The molecule has 0 bridgehead atoms. The molecule has 0 spiro atoms. The van der Waals surface area contributed by atoms with Crippen LogP contribution in [0, 0.1) is 17.0 Å². The highest BCUT2D eigenvalue weighted by molar-refractivity contribution is 5.63. The third kappa shape index (κ3) is 4.05. The summed E-state index contributed by atoms with van der Waals surface area (Å²) in [7, 11) is 0. The second kappa shape index (κ2) is 7.56. The van der Waals surface area contributed by atoms with Crippen molar-refractivity contribution < 1.29 is 10.0 Å². The maximum Gasteiger partial charge on any atom is 0.292 e. The Morgan fingerprint density at radius 2 is 1.95 bits per heavy atom. The van der Waals surface area contributed by atoms with Crippen LogP contribution < -0.4 is 5.32 Å². The molecule has 2 rings (SSSR count). The predicted molar refractivity (Wildman–Crippen MR) is 87.0 cm³/mol. The normalized spacial score (nSPS) is 11.9. The molecule has 0 heterocycles. The molecule has 0 fully saturated rings. The van der Waals surface area contributed by atoms with Crippen LogP contribution in [-0.4, -0.2) is 16.6 Å². The molecule has 2 aromatic rings. The standard InChI is InChI=1S/C17H20N2O3/c1-13-9-10-16(17(12-13)19(21)22)18-15(8-5-11-20)14-6-3-2-4-7-14/h2-4,6-7,9-10,12,15,18,20H,5,8,11H2,1H3. The fourth-order valence-corrected chi connectivity index (χ4v) is 2.41. The molecule has 0 aliphatic rings. The van der Waals surface area contributed by atoms with Gasteiger partial charge < -0.3 is 10.4 Å². The lowest BCUT2D eigenvalue weighted by atomic mass is 10.0. The Kier molecular flexibility index (Phi) is 5.49. The molecule has 1 atom stereocenters. The van der Waals surface area contributed by atoms with Gasteiger partial charge in [0.15, 0.2) is 0 Å².